The average molecular weight is 235 g/mol. The zero-order chi connectivity index (χ0) is 12.2. The molecule has 0 bridgehead atoms. The van der Waals surface area contributed by atoms with Crippen LogP contribution >= 0.6 is 0 Å². The van der Waals surface area contributed by atoms with Crippen molar-refractivity contribution in [2.45, 2.75) is 6.36 Å². The van der Waals surface area contributed by atoms with Crippen molar-refractivity contribution in [1.29, 1.82) is 0 Å². The first kappa shape index (κ1) is 12.3. The lowest BCUT2D eigenvalue weighted by atomic mass is 10.3. The van der Waals surface area contributed by atoms with Gasteiger partial charge in [0.2, 0.25) is 0 Å². The molecule has 5 nitrogen and oxygen atoms in total. The zero-order valence-electron chi connectivity index (χ0n) is 7.86. The van der Waals surface area contributed by atoms with Gasteiger partial charge in [-0.15, -0.1) is 13.2 Å². The molecule has 88 valence electrons. The summed E-state index contributed by atoms with van der Waals surface area (Å²) in [5, 5.41) is 0.0139. The fraction of sp³-hybridized carbons (Fsp3) is 0.125. The van der Waals surface area contributed by atoms with Gasteiger partial charge in [-0.3, -0.25) is 5.43 Å². The molecule has 0 heterocycles. The molecule has 0 aliphatic heterocycles. The Bertz CT molecular complexity index is 355. The van der Waals surface area contributed by atoms with Crippen molar-refractivity contribution in [3.05, 3.63) is 30.3 Å². The van der Waals surface area contributed by atoms with Gasteiger partial charge in [-0.25, -0.2) is 10.6 Å². The van der Waals surface area contributed by atoms with Gasteiger partial charge in [0, 0.05) is 0 Å². The molecule has 0 radical (unpaired) electrons. The third kappa shape index (κ3) is 3.41. The van der Waals surface area contributed by atoms with E-state index in [4.69, 9.17) is 5.84 Å². The molecular formula is C8H8F3N3O2. The van der Waals surface area contributed by atoms with Gasteiger partial charge in [0.25, 0.3) is 0 Å². The summed E-state index contributed by atoms with van der Waals surface area (Å²) in [6, 6.07) is 5.78. The Morgan fingerprint density at radius 1 is 1.31 bits per heavy atom. The first-order valence-corrected chi connectivity index (χ1v) is 4.05. The van der Waals surface area contributed by atoms with Crippen LogP contribution in [-0.4, -0.2) is 12.4 Å². The number of hydrazine groups is 1. The van der Waals surface area contributed by atoms with Gasteiger partial charge >= 0.3 is 12.4 Å². The number of hydrogen-bond acceptors (Lipinski definition) is 3. The topological polar surface area (TPSA) is 67.6 Å². The maximum absolute atomic E-state index is 12.0. The molecule has 0 saturated heterocycles. The van der Waals surface area contributed by atoms with Crippen molar-refractivity contribution in [2.75, 3.05) is 5.06 Å². The van der Waals surface area contributed by atoms with Gasteiger partial charge in [0.1, 0.15) is 0 Å². The van der Waals surface area contributed by atoms with Crippen molar-refractivity contribution >= 4 is 11.7 Å². The second-order valence-electron chi connectivity index (χ2n) is 2.62. The Kier molecular flexibility index (Phi) is 3.69. The number of nitrogens with two attached hydrogens (primary N) is 1. The smallest absolute Gasteiger partial charge is 0.274 e. The Hall–Kier alpha value is -1.80. The van der Waals surface area contributed by atoms with Gasteiger partial charge in [0.15, 0.2) is 0 Å². The van der Waals surface area contributed by atoms with Crippen molar-refractivity contribution in [3.8, 4) is 0 Å². The number of halogens is 3. The summed E-state index contributed by atoms with van der Waals surface area (Å²) < 4.78 is 36.0. The number of para-hydroxylation sites is 1. The summed E-state index contributed by atoms with van der Waals surface area (Å²) in [6.07, 6.45) is -4.98. The van der Waals surface area contributed by atoms with E-state index in [2.05, 4.69) is 4.84 Å². The number of nitrogens with one attached hydrogen (secondary N) is 1. The number of nitrogens with zero attached hydrogens (tertiary/aromatic N) is 1. The normalized spacial score (nSPS) is 11.0. The third-order valence-corrected chi connectivity index (χ3v) is 1.49. The van der Waals surface area contributed by atoms with Crippen molar-refractivity contribution in [3.63, 3.8) is 0 Å². The van der Waals surface area contributed by atoms with Gasteiger partial charge in [-0.2, -0.15) is 9.90 Å². The second kappa shape index (κ2) is 4.81. The lowest BCUT2D eigenvalue weighted by molar-refractivity contribution is -0.325. The van der Waals surface area contributed by atoms with E-state index in [1.165, 1.54) is 24.3 Å². The molecular weight excluding hydrogens is 227 g/mol. The van der Waals surface area contributed by atoms with Gasteiger partial charge in [0.05, 0.1) is 5.69 Å². The molecule has 16 heavy (non-hydrogen) atoms. The molecule has 0 fully saturated rings. The van der Waals surface area contributed by atoms with Crippen LogP contribution in [-0.2, 0) is 4.84 Å². The fourth-order valence-corrected chi connectivity index (χ4v) is 0.937. The van der Waals surface area contributed by atoms with E-state index in [1.54, 1.807) is 11.5 Å². The quantitative estimate of drug-likeness (QED) is 0.464. The number of hydrogen-bond donors (Lipinski definition) is 2. The third-order valence-electron chi connectivity index (χ3n) is 1.49. The van der Waals surface area contributed by atoms with Gasteiger partial charge in [-0.1, -0.05) is 18.2 Å². The molecule has 0 aromatic heterocycles. The van der Waals surface area contributed by atoms with Crippen LogP contribution in [0.1, 0.15) is 0 Å². The standard InChI is InChI=1S/C8H8F3N3O2/c9-8(10,11)16-14(7(15)13-12)6-4-2-1-3-5-6/h1-5H,12H2,(H,13,15). The SMILES string of the molecule is NNC(=O)N(OC(F)(F)F)c1ccccc1. The van der Waals surface area contributed by atoms with Crippen molar-refractivity contribution < 1.29 is 22.8 Å². The predicted octanol–water partition coefficient (Wildman–Crippen LogP) is 1.53. The summed E-state index contributed by atoms with van der Waals surface area (Å²) in [6.45, 7) is 0. The lowest BCUT2D eigenvalue weighted by Gasteiger charge is -2.21. The summed E-state index contributed by atoms with van der Waals surface area (Å²) in [4.78, 5) is 14.6. The molecule has 0 aliphatic rings. The lowest BCUT2D eigenvalue weighted by Crippen LogP contribution is -2.46. The molecule has 3 N–H and O–H groups in total. The first-order valence-electron chi connectivity index (χ1n) is 4.05. The Labute approximate surface area is 88.5 Å². The molecule has 1 rings (SSSR count). The number of hydroxylamine groups is 1. The minimum Gasteiger partial charge on any atom is -0.274 e. The molecule has 8 heteroatoms. The second-order valence-corrected chi connectivity index (χ2v) is 2.62. The van der Waals surface area contributed by atoms with E-state index < -0.39 is 12.4 Å². The average Bonchev–Trinajstić information content (AvgIpc) is 2.25. The van der Waals surface area contributed by atoms with E-state index in [0.29, 0.717) is 0 Å². The molecule has 0 aliphatic carbocycles. The Morgan fingerprint density at radius 2 is 1.88 bits per heavy atom. The van der Waals surface area contributed by atoms with E-state index in [0.717, 1.165) is 0 Å². The van der Waals surface area contributed by atoms with Crippen molar-refractivity contribution in [2.24, 2.45) is 5.84 Å². The summed E-state index contributed by atoms with van der Waals surface area (Å²) in [5.74, 6) is 4.74. The maximum atomic E-state index is 12.0. The highest BCUT2D eigenvalue weighted by atomic mass is 19.4. The van der Waals surface area contributed by atoms with Crippen LogP contribution in [0.4, 0.5) is 23.7 Å². The summed E-state index contributed by atoms with van der Waals surface area (Å²) in [5.41, 5.74) is 1.45. The number of carbonyl (C=O) groups is 1. The number of amides is 2. The van der Waals surface area contributed by atoms with Crippen LogP contribution in [0, 0.1) is 0 Å². The minimum atomic E-state index is -4.98. The largest absolute Gasteiger partial charge is 0.544 e. The van der Waals surface area contributed by atoms with Gasteiger partial charge in [-0.05, 0) is 12.1 Å². The molecule has 2 amide bonds. The van der Waals surface area contributed by atoms with E-state index in [9.17, 15) is 18.0 Å². The minimum absolute atomic E-state index is 0.0139. The summed E-state index contributed by atoms with van der Waals surface area (Å²) >= 11 is 0. The van der Waals surface area contributed by atoms with E-state index in [-0.39, 0.29) is 10.8 Å². The van der Waals surface area contributed by atoms with Crippen LogP contribution in [0.2, 0.25) is 0 Å². The molecule has 1 aromatic rings. The monoisotopic (exact) mass is 235 g/mol. The van der Waals surface area contributed by atoms with Crippen LogP contribution in [0.15, 0.2) is 30.3 Å². The summed E-state index contributed by atoms with van der Waals surface area (Å²) in [7, 11) is 0. The van der Waals surface area contributed by atoms with Crippen LogP contribution < -0.4 is 16.3 Å². The van der Waals surface area contributed by atoms with Crippen LogP contribution in [0.25, 0.3) is 0 Å². The molecule has 0 unspecified atom stereocenters. The number of urea groups is 1. The Morgan fingerprint density at radius 3 is 2.31 bits per heavy atom. The number of rotatable bonds is 2. The highest BCUT2D eigenvalue weighted by Crippen LogP contribution is 2.23. The number of anilines is 1. The number of carbonyl (C=O) groups excluding carboxylic acids is 1. The highest BCUT2D eigenvalue weighted by molar-refractivity contribution is 5.89. The molecule has 0 atom stereocenters. The van der Waals surface area contributed by atoms with E-state index >= 15 is 0 Å². The molecule has 0 spiro atoms. The maximum Gasteiger partial charge on any atom is 0.544 e. The van der Waals surface area contributed by atoms with Crippen molar-refractivity contribution in [1.82, 2.24) is 5.43 Å². The first-order chi connectivity index (χ1) is 7.44. The van der Waals surface area contributed by atoms with Crippen LogP contribution in [0.3, 0.4) is 0 Å². The zero-order valence-corrected chi connectivity index (χ0v) is 7.86. The molecule has 1 aromatic carbocycles. The fourth-order valence-electron chi connectivity index (χ4n) is 0.937. The van der Waals surface area contributed by atoms with Gasteiger partial charge < -0.3 is 0 Å². The predicted molar refractivity (Wildman–Crippen MR) is 48.8 cm³/mol. The highest BCUT2D eigenvalue weighted by Gasteiger charge is 2.36. The Balaban J connectivity index is 2.93. The molecule has 0 saturated carbocycles. The van der Waals surface area contributed by atoms with Crippen LogP contribution in [0.5, 0.6) is 0 Å². The van der Waals surface area contributed by atoms with E-state index in [1.807, 2.05) is 0 Å². The number of alkyl halides is 3. The number of benzene rings is 1.